The molecule has 0 aliphatic heterocycles. The van der Waals surface area contributed by atoms with E-state index in [0.29, 0.717) is 11.6 Å². The number of hydrogen-bond donors (Lipinski definition) is 4. The SMILES string of the molecule is N=C(N)SCCc1ccc([C@H](CSC(=N)N)c2nnco2)cc1. The molecular formula is C14H18N6OS2. The molecule has 0 fully saturated rings. The molecule has 0 spiro atoms. The normalized spacial score (nSPS) is 12.0. The second kappa shape index (κ2) is 8.59. The lowest BCUT2D eigenvalue weighted by atomic mass is 9.99. The lowest BCUT2D eigenvalue weighted by Gasteiger charge is -2.13. The van der Waals surface area contributed by atoms with Gasteiger partial charge in [0.2, 0.25) is 12.3 Å². The van der Waals surface area contributed by atoms with E-state index in [1.54, 1.807) is 0 Å². The predicted octanol–water partition coefficient (Wildman–Crippen LogP) is 2.00. The molecule has 9 heteroatoms. The van der Waals surface area contributed by atoms with Crippen LogP contribution >= 0.6 is 23.5 Å². The summed E-state index contributed by atoms with van der Waals surface area (Å²) in [6.45, 7) is 0. The molecule has 0 aliphatic carbocycles. The molecule has 1 aromatic carbocycles. The van der Waals surface area contributed by atoms with Crippen molar-refractivity contribution in [2.45, 2.75) is 12.3 Å². The third kappa shape index (κ3) is 5.61. The Labute approximate surface area is 142 Å². The Morgan fingerprint density at radius 3 is 2.39 bits per heavy atom. The molecule has 1 atom stereocenters. The molecule has 7 nitrogen and oxygen atoms in total. The van der Waals surface area contributed by atoms with E-state index in [-0.39, 0.29) is 16.3 Å². The summed E-state index contributed by atoms with van der Waals surface area (Å²) >= 11 is 2.58. The first-order valence-electron chi connectivity index (χ1n) is 6.85. The van der Waals surface area contributed by atoms with E-state index in [2.05, 4.69) is 10.2 Å². The quantitative estimate of drug-likeness (QED) is 0.442. The minimum atomic E-state index is -0.105. The molecule has 0 aliphatic rings. The van der Waals surface area contributed by atoms with E-state index in [1.165, 1.54) is 35.5 Å². The van der Waals surface area contributed by atoms with E-state index < -0.39 is 0 Å². The van der Waals surface area contributed by atoms with Gasteiger partial charge in [-0.25, -0.2) is 0 Å². The first-order chi connectivity index (χ1) is 11.1. The summed E-state index contributed by atoms with van der Waals surface area (Å²) in [6, 6.07) is 8.11. The zero-order valence-corrected chi connectivity index (χ0v) is 14.0. The molecule has 0 saturated carbocycles. The average molecular weight is 350 g/mol. The highest BCUT2D eigenvalue weighted by Gasteiger charge is 2.20. The Hall–Kier alpha value is -2.00. The molecule has 0 unspecified atom stereocenters. The smallest absolute Gasteiger partial charge is 0.224 e. The fourth-order valence-corrected chi connectivity index (χ4v) is 3.25. The Balaban J connectivity index is 2.06. The van der Waals surface area contributed by atoms with Crippen molar-refractivity contribution >= 4 is 33.9 Å². The molecule has 122 valence electrons. The van der Waals surface area contributed by atoms with E-state index >= 15 is 0 Å². The summed E-state index contributed by atoms with van der Waals surface area (Å²) in [5.41, 5.74) is 13.0. The van der Waals surface area contributed by atoms with Crippen molar-refractivity contribution in [2.75, 3.05) is 11.5 Å². The van der Waals surface area contributed by atoms with Gasteiger partial charge in [-0.3, -0.25) is 10.8 Å². The first kappa shape index (κ1) is 17.4. The van der Waals surface area contributed by atoms with Gasteiger partial charge in [-0.1, -0.05) is 47.8 Å². The minimum Gasteiger partial charge on any atom is -0.427 e. The number of rotatable bonds is 7. The van der Waals surface area contributed by atoms with E-state index in [9.17, 15) is 0 Å². The Kier molecular flexibility index (Phi) is 6.48. The summed E-state index contributed by atoms with van der Waals surface area (Å²) in [7, 11) is 0. The van der Waals surface area contributed by atoms with E-state index in [1.807, 2.05) is 24.3 Å². The van der Waals surface area contributed by atoms with Gasteiger partial charge in [0.15, 0.2) is 10.3 Å². The van der Waals surface area contributed by atoms with Crippen molar-refractivity contribution in [3.63, 3.8) is 0 Å². The molecule has 1 aromatic heterocycles. The van der Waals surface area contributed by atoms with Crippen molar-refractivity contribution in [3.8, 4) is 0 Å². The number of hydrogen-bond acceptors (Lipinski definition) is 7. The zero-order chi connectivity index (χ0) is 16.7. The van der Waals surface area contributed by atoms with Crippen molar-refractivity contribution < 1.29 is 4.42 Å². The van der Waals surface area contributed by atoms with Crippen LogP contribution in [-0.4, -0.2) is 32.0 Å². The van der Waals surface area contributed by atoms with Crippen LogP contribution in [0.3, 0.4) is 0 Å². The van der Waals surface area contributed by atoms with Crippen LogP contribution in [0.2, 0.25) is 0 Å². The Morgan fingerprint density at radius 2 is 1.83 bits per heavy atom. The molecule has 0 bridgehead atoms. The van der Waals surface area contributed by atoms with Crippen LogP contribution in [0, 0.1) is 10.8 Å². The molecule has 0 saturated heterocycles. The van der Waals surface area contributed by atoms with Crippen molar-refractivity contribution in [3.05, 3.63) is 47.7 Å². The van der Waals surface area contributed by atoms with Crippen LogP contribution in [0.5, 0.6) is 0 Å². The highest BCUT2D eigenvalue weighted by molar-refractivity contribution is 8.13. The maximum Gasteiger partial charge on any atom is 0.224 e. The molecule has 1 heterocycles. The third-order valence-electron chi connectivity index (χ3n) is 3.11. The van der Waals surface area contributed by atoms with Gasteiger partial charge in [0.05, 0.1) is 5.92 Å². The Bertz CT molecular complexity index is 644. The highest BCUT2D eigenvalue weighted by atomic mass is 32.2. The van der Waals surface area contributed by atoms with Crippen molar-refractivity contribution in [1.82, 2.24) is 10.2 Å². The van der Waals surface area contributed by atoms with Crippen LogP contribution in [0.15, 0.2) is 35.1 Å². The van der Waals surface area contributed by atoms with Gasteiger partial charge >= 0.3 is 0 Å². The second-order valence-electron chi connectivity index (χ2n) is 4.71. The van der Waals surface area contributed by atoms with Gasteiger partial charge in [-0.15, -0.1) is 10.2 Å². The highest BCUT2D eigenvalue weighted by Crippen LogP contribution is 2.27. The largest absolute Gasteiger partial charge is 0.427 e. The zero-order valence-electron chi connectivity index (χ0n) is 12.4. The van der Waals surface area contributed by atoms with Crippen LogP contribution in [0.1, 0.15) is 22.9 Å². The summed E-state index contributed by atoms with van der Waals surface area (Å²) in [6.07, 6.45) is 2.14. The number of nitrogens with two attached hydrogens (primary N) is 2. The second-order valence-corrected chi connectivity index (χ2v) is 6.91. The summed E-state index contributed by atoms with van der Waals surface area (Å²) in [5, 5.41) is 22.5. The topological polar surface area (TPSA) is 139 Å². The molecular weight excluding hydrogens is 332 g/mol. The minimum absolute atomic E-state index is 0.0624. The standard InChI is InChI=1S/C14H18N6OS2/c15-13(16)22-6-5-9-1-3-10(4-2-9)11(7-23-14(17)18)12-20-19-8-21-12/h1-4,8,11H,5-7H2,(H3,15,16)(H3,17,18)/t11-/m0/s1. The summed E-state index contributed by atoms with van der Waals surface area (Å²) in [5.74, 6) is 1.75. The number of thioether (sulfide) groups is 2. The average Bonchev–Trinajstić information content (AvgIpc) is 3.02. The number of benzene rings is 1. The molecule has 2 aromatic rings. The van der Waals surface area contributed by atoms with Crippen LogP contribution in [0.25, 0.3) is 0 Å². The summed E-state index contributed by atoms with van der Waals surface area (Å²) < 4.78 is 5.32. The number of nitrogens with zero attached hydrogens (tertiary/aromatic N) is 2. The van der Waals surface area contributed by atoms with Gasteiger partial charge in [-0.2, -0.15) is 0 Å². The molecule has 23 heavy (non-hydrogen) atoms. The molecule has 2 rings (SSSR count). The Morgan fingerprint density at radius 1 is 1.13 bits per heavy atom. The monoisotopic (exact) mass is 350 g/mol. The summed E-state index contributed by atoms with van der Waals surface area (Å²) in [4.78, 5) is 0. The van der Waals surface area contributed by atoms with Gasteiger partial charge in [0, 0.05) is 11.5 Å². The van der Waals surface area contributed by atoms with Gasteiger partial charge < -0.3 is 15.9 Å². The molecule has 6 N–H and O–H groups in total. The molecule has 0 amide bonds. The van der Waals surface area contributed by atoms with Crippen molar-refractivity contribution in [1.29, 1.82) is 10.8 Å². The van der Waals surface area contributed by atoms with Gasteiger partial charge in [-0.05, 0) is 17.5 Å². The lowest BCUT2D eigenvalue weighted by molar-refractivity contribution is 0.481. The fourth-order valence-electron chi connectivity index (χ4n) is 2.01. The van der Waals surface area contributed by atoms with Crippen LogP contribution in [0.4, 0.5) is 0 Å². The fraction of sp³-hybridized carbons (Fsp3) is 0.286. The van der Waals surface area contributed by atoms with Gasteiger partial charge in [0.1, 0.15) is 0 Å². The number of aryl methyl sites for hydroxylation is 1. The van der Waals surface area contributed by atoms with Crippen LogP contribution < -0.4 is 11.5 Å². The van der Waals surface area contributed by atoms with Crippen LogP contribution in [-0.2, 0) is 6.42 Å². The van der Waals surface area contributed by atoms with Crippen molar-refractivity contribution in [2.24, 2.45) is 11.5 Å². The van der Waals surface area contributed by atoms with Gasteiger partial charge in [0.25, 0.3) is 0 Å². The molecule has 0 radical (unpaired) electrons. The number of amidine groups is 2. The maximum absolute atomic E-state index is 7.36. The van der Waals surface area contributed by atoms with E-state index in [4.69, 9.17) is 26.7 Å². The predicted molar refractivity (Wildman–Crippen MR) is 95.0 cm³/mol. The van der Waals surface area contributed by atoms with E-state index in [0.717, 1.165) is 17.7 Å². The maximum atomic E-state index is 7.36. The number of nitrogens with one attached hydrogen (secondary N) is 2. The lowest BCUT2D eigenvalue weighted by Crippen LogP contribution is -2.11. The first-order valence-corrected chi connectivity index (χ1v) is 8.82. The number of aromatic nitrogens is 2. The third-order valence-corrected chi connectivity index (χ3v) is 4.64.